The number of hydrogen-bond acceptors (Lipinski definition) is 4. The predicted octanol–water partition coefficient (Wildman–Crippen LogP) is 2.29. The van der Waals surface area contributed by atoms with E-state index in [1.165, 1.54) is 7.11 Å². The lowest BCUT2D eigenvalue weighted by molar-refractivity contribution is -0.160. The molecule has 0 amide bonds. The van der Waals surface area contributed by atoms with E-state index in [4.69, 9.17) is 4.74 Å². The maximum atomic E-state index is 12.2. The van der Waals surface area contributed by atoms with Gasteiger partial charge in [-0.3, -0.25) is 4.79 Å². The molecule has 1 aromatic carbocycles. The molecule has 0 saturated carbocycles. The molecule has 1 aromatic rings. The zero-order valence-electron chi connectivity index (χ0n) is 12.4. The quantitative estimate of drug-likeness (QED) is 0.863. The molecule has 112 valence electrons. The number of benzene rings is 1. The van der Waals surface area contributed by atoms with Crippen molar-refractivity contribution in [2.45, 2.75) is 38.2 Å². The van der Waals surface area contributed by atoms with Crippen molar-refractivity contribution in [3.63, 3.8) is 0 Å². The van der Waals surface area contributed by atoms with E-state index >= 15 is 0 Å². The molecule has 4 nitrogen and oxygen atoms in total. The van der Waals surface area contributed by atoms with Gasteiger partial charge >= 0.3 is 5.97 Å². The molecule has 0 saturated heterocycles. The molecule has 1 aliphatic carbocycles. The minimum absolute atomic E-state index is 0.129. The van der Waals surface area contributed by atoms with Gasteiger partial charge in [0.05, 0.1) is 7.11 Å². The average Bonchev–Trinajstić information content (AvgIpc) is 2.54. The Labute approximate surface area is 124 Å². The van der Waals surface area contributed by atoms with Gasteiger partial charge in [-0.25, -0.2) is 4.79 Å². The number of hydrogen-bond donors (Lipinski definition) is 1. The van der Waals surface area contributed by atoms with Crippen molar-refractivity contribution < 1.29 is 19.4 Å². The van der Waals surface area contributed by atoms with E-state index in [1.54, 1.807) is 18.2 Å². The highest BCUT2D eigenvalue weighted by atomic mass is 16.5. The summed E-state index contributed by atoms with van der Waals surface area (Å²) >= 11 is 0. The molecule has 1 unspecified atom stereocenters. The van der Waals surface area contributed by atoms with Gasteiger partial charge in [0.15, 0.2) is 5.78 Å². The number of Topliss-reactive ketones (excluding diaryl/α,β-unsaturated/α-hetero) is 1. The third-order valence-corrected chi connectivity index (χ3v) is 3.91. The Morgan fingerprint density at radius 3 is 2.52 bits per heavy atom. The lowest BCUT2D eigenvalue weighted by Crippen LogP contribution is -2.42. The fraction of sp³-hybridized carbons (Fsp3) is 0.412. The first-order valence-electron chi connectivity index (χ1n) is 7.18. The van der Waals surface area contributed by atoms with Crippen LogP contribution in [0.5, 0.6) is 0 Å². The van der Waals surface area contributed by atoms with Crippen LogP contribution in [0.2, 0.25) is 0 Å². The van der Waals surface area contributed by atoms with E-state index in [0.717, 1.165) is 18.4 Å². The van der Waals surface area contributed by atoms with Crippen LogP contribution in [0.3, 0.4) is 0 Å². The molecular weight excluding hydrogens is 268 g/mol. The van der Waals surface area contributed by atoms with Crippen LogP contribution < -0.4 is 0 Å². The molecule has 1 aliphatic rings. The second kappa shape index (κ2) is 6.22. The van der Waals surface area contributed by atoms with Gasteiger partial charge in [-0.05, 0) is 30.4 Å². The minimum Gasteiger partial charge on any atom is -0.466 e. The minimum atomic E-state index is -2.02. The van der Waals surface area contributed by atoms with Gasteiger partial charge in [-0.2, -0.15) is 0 Å². The van der Waals surface area contributed by atoms with E-state index in [2.05, 4.69) is 0 Å². The molecule has 4 heteroatoms. The smallest absolute Gasteiger partial charge is 0.347 e. The third kappa shape index (κ3) is 2.76. The second-order valence-corrected chi connectivity index (χ2v) is 5.19. The van der Waals surface area contributed by atoms with Crippen LogP contribution in [-0.2, 0) is 26.3 Å². The summed E-state index contributed by atoms with van der Waals surface area (Å²) < 4.78 is 4.75. The molecule has 2 rings (SSSR count). The Morgan fingerprint density at radius 2 is 2.00 bits per heavy atom. The molecular formula is C17H20O4. The molecule has 0 bridgehead atoms. The van der Waals surface area contributed by atoms with Crippen molar-refractivity contribution in [2.24, 2.45) is 0 Å². The zero-order valence-corrected chi connectivity index (χ0v) is 12.4. The number of carbonyl (C=O) groups is 2. The van der Waals surface area contributed by atoms with Gasteiger partial charge in [-0.1, -0.05) is 37.3 Å². The molecule has 0 heterocycles. The molecule has 0 aliphatic heterocycles. The van der Waals surface area contributed by atoms with Crippen molar-refractivity contribution in [3.05, 3.63) is 47.0 Å². The normalized spacial score (nSPS) is 17.9. The van der Waals surface area contributed by atoms with Gasteiger partial charge in [0.2, 0.25) is 5.60 Å². The number of carbonyl (C=O) groups excluding carboxylic acids is 2. The summed E-state index contributed by atoms with van der Waals surface area (Å²) in [6.07, 6.45) is 4.27. The van der Waals surface area contributed by atoms with Crippen LogP contribution in [-0.4, -0.2) is 24.0 Å². The van der Waals surface area contributed by atoms with Gasteiger partial charge in [-0.15, -0.1) is 0 Å². The Balaban J connectivity index is 2.53. The van der Waals surface area contributed by atoms with Crippen LogP contribution in [0.1, 0.15) is 37.3 Å². The average molecular weight is 288 g/mol. The maximum Gasteiger partial charge on any atom is 0.347 e. The number of esters is 1. The summed E-state index contributed by atoms with van der Waals surface area (Å²) in [6, 6.07) is 7.05. The van der Waals surface area contributed by atoms with Gasteiger partial charge < -0.3 is 9.84 Å². The fourth-order valence-electron chi connectivity index (χ4n) is 2.62. The number of ketones is 1. The van der Waals surface area contributed by atoms with Crippen LogP contribution in [0.4, 0.5) is 0 Å². The number of allylic oxidation sites excluding steroid dienone is 1. The molecule has 21 heavy (non-hydrogen) atoms. The van der Waals surface area contributed by atoms with Crippen molar-refractivity contribution >= 4 is 11.8 Å². The van der Waals surface area contributed by atoms with E-state index in [0.29, 0.717) is 18.4 Å². The topological polar surface area (TPSA) is 63.6 Å². The van der Waals surface area contributed by atoms with E-state index in [-0.39, 0.29) is 11.4 Å². The van der Waals surface area contributed by atoms with Crippen LogP contribution >= 0.6 is 0 Å². The van der Waals surface area contributed by atoms with E-state index in [1.807, 2.05) is 19.1 Å². The summed E-state index contributed by atoms with van der Waals surface area (Å²) in [4.78, 5) is 24.3. The van der Waals surface area contributed by atoms with Crippen LogP contribution in [0, 0.1) is 0 Å². The number of methoxy groups -OCH3 is 1. The molecule has 0 spiro atoms. The Morgan fingerprint density at radius 1 is 1.33 bits per heavy atom. The van der Waals surface area contributed by atoms with Crippen molar-refractivity contribution in [1.82, 2.24) is 0 Å². The summed E-state index contributed by atoms with van der Waals surface area (Å²) in [7, 11) is 1.21. The monoisotopic (exact) mass is 288 g/mol. The van der Waals surface area contributed by atoms with Crippen LogP contribution in [0.15, 0.2) is 35.9 Å². The molecule has 0 fully saturated rings. The Hall–Kier alpha value is -1.94. The lowest BCUT2D eigenvalue weighted by atomic mass is 9.79. The zero-order chi connectivity index (χ0) is 15.5. The first-order valence-corrected chi connectivity index (χ1v) is 7.18. The summed E-state index contributed by atoms with van der Waals surface area (Å²) in [5, 5.41) is 10.9. The highest BCUT2D eigenvalue weighted by Gasteiger charge is 2.46. The molecule has 1 atom stereocenters. The predicted molar refractivity (Wildman–Crippen MR) is 78.7 cm³/mol. The molecule has 0 radical (unpaired) electrons. The standard InChI is InChI=1S/C17H20O4/c1-3-12-8-10-13(11-9-12)17(20,16(19)21-2)14-6-4-5-7-15(14)18/h6,8-11,20H,3-5,7H2,1-2H3. The first kappa shape index (κ1) is 15.4. The van der Waals surface area contributed by atoms with Crippen molar-refractivity contribution in [1.29, 1.82) is 0 Å². The summed E-state index contributed by atoms with van der Waals surface area (Å²) in [5.74, 6) is -1.03. The van der Waals surface area contributed by atoms with Gasteiger partial charge in [0.25, 0.3) is 0 Å². The summed E-state index contributed by atoms with van der Waals surface area (Å²) in [6.45, 7) is 2.02. The van der Waals surface area contributed by atoms with E-state index < -0.39 is 11.6 Å². The second-order valence-electron chi connectivity index (χ2n) is 5.19. The van der Waals surface area contributed by atoms with Crippen LogP contribution in [0.25, 0.3) is 0 Å². The highest BCUT2D eigenvalue weighted by Crippen LogP contribution is 2.35. The number of ether oxygens (including phenoxy) is 1. The van der Waals surface area contributed by atoms with Crippen molar-refractivity contribution in [2.75, 3.05) is 7.11 Å². The van der Waals surface area contributed by atoms with Gasteiger partial charge in [0.1, 0.15) is 0 Å². The number of aliphatic hydroxyl groups is 1. The first-order chi connectivity index (χ1) is 10.0. The third-order valence-electron chi connectivity index (χ3n) is 3.91. The molecule has 1 N–H and O–H groups in total. The highest BCUT2D eigenvalue weighted by molar-refractivity contribution is 6.05. The number of aryl methyl sites for hydroxylation is 1. The molecule has 0 aromatic heterocycles. The maximum absolute atomic E-state index is 12.2. The summed E-state index contributed by atoms with van der Waals surface area (Å²) in [5.41, 5.74) is -0.425. The van der Waals surface area contributed by atoms with Crippen molar-refractivity contribution in [3.8, 4) is 0 Å². The lowest BCUT2D eigenvalue weighted by Gasteiger charge is -2.29. The fourth-order valence-corrected chi connectivity index (χ4v) is 2.62. The number of rotatable bonds is 4. The Kier molecular flexibility index (Phi) is 4.58. The SMILES string of the molecule is CCc1ccc(C(O)(C(=O)OC)C2=CCCCC2=O)cc1. The van der Waals surface area contributed by atoms with Gasteiger partial charge in [0, 0.05) is 12.0 Å². The largest absolute Gasteiger partial charge is 0.466 e. The van der Waals surface area contributed by atoms with E-state index in [9.17, 15) is 14.7 Å². The Bertz CT molecular complexity index is 571.